The van der Waals surface area contributed by atoms with Crippen molar-refractivity contribution in [3.05, 3.63) is 60.7 Å². The molecule has 0 aliphatic rings. The third kappa shape index (κ3) is 2.29. The number of fused-ring (bicyclic) bond motifs is 3. The molecule has 3 aromatic rings. The van der Waals surface area contributed by atoms with Crippen LogP contribution in [0.3, 0.4) is 0 Å². The Labute approximate surface area is 124 Å². The van der Waals surface area contributed by atoms with E-state index in [2.05, 4.69) is 36.4 Å². The van der Waals surface area contributed by atoms with Gasteiger partial charge in [0.25, 0.3) is 0 Å². The van der Waals surface area contributed by atoms with Crippen LogP contribution in [-0.2, 0) is 42.1 Å². The van der Waals surface area contributed by atoms with Gasteiger partial charge in [-0.05, 0) is 0 Å². The third-order valence-electron chi connectivity index (χ3n) is 2.53. The van der Waals surface area contributed by atoms with Crippen LogP contribution in [0, 0.1) is 12.1 Å². The Kier molecular flexibility index (Phi) is 4.90. The fraction of sp³-hybridized carbons (Fsp3) is 0. The van der Waals surface area contributed by atoms with E-state index >= 15 is 0 Å². The second kappa shape index (κ2) is 5.76. The Morgan fingerprint density at radius 3 is 2.19 bits per heavy atom. The van der Waals surface area contributed by atoms with Gasteiger partial charge in [-0.1, -0.05) is 6.07 Å². The molecule has 0 bridgehead atoms. The van der Waals surface area contributed by atoms with Crippen LogP contribution in [0.1, 0.15) is 0 Å². The van der Waals surface area contributed by atoms with E-state index in [0.29, 0.717) is 0 Å². The van der Waals surface area contributed by atoms with E-state index in [-0.39, 0.29) is 42.1 Å². The topological polar surface area (TPSA) is 0 Å². The molecule has 0 aliphatic heterocycles. The van der Waals surface area contributed by atoms with E-state index in [0.717, 1.165) is 0 Å². The maximum absolute atomic E-state index is 3.12. The normalized spacial score (nSPS) is 9.50. The molecule has 0 radical (unpaired) electrons. The molecule has 16 heavy (non-hydrogen) atoms. The molecule has 86 valence electrons. The summed E-state index contributed by atoms with van der Waals surface area (Å²) in [6.45, 7) is 0. The summed E-state index contributed by atoms with van der Waals surface area (Å²) >= 11 is 0. The van der Waals surface area contributed by atoms with E-state index in [9.17, 15) is 0 Å². The Morgan fingerprint density at radius 1 is 0.625 bits per heavy atom. The fourth-order valence-corrected chi connectivity index (χ4v) is 1.83. The molecule has 3 aromatic carbocycles. The van der Waals surface area contributed by atoms with E-state index in [4.69, 9.17) is 0 Å². The molecule has 0 amide bonds. The molecule has 0 saturated carbocycles. The minimum Gasteiger partial charge on any atom is -0.183 e. The molecule has 0 saturated heterocycles. The molecule has 2 heteroatoms. The van der Waals surface area contributed by atoms with Crippen LogP contribution in [0.5, 0.6) is 0 Å². The van der Waals surface area contributed by atoms with Gasteiger partial charge in [0.2, 0.25) is 0 Å². The zero-order valence-corrected chi connectivity index (χ0v) is 12.8. The summed E-state index contributed by atoms with van der Waals surface area (Å²) in [7, 11) is 0. The first-order valence-corrected chi connectivity index (χ1v) is 4.64. The van der Waals surface area contributed by atoms with Crippen molar-refractivity contribution in [1.29, 1.82) is 0 Å². The van der Waals surface area contributed by atoms with Crippen molar-refractivity contribution < 1.29 is 42.1 Å². The van der Waals surface area contributed by atoms with Crippen LogP contribution in [0.4, 0.5) is 0 Å². The quantitative estimate of drug-likeness (QED) is 0.289. The summed E-state index contributed by atoms with van der Waals surface area (Å²) in [5.74, 6) is 0. The van der Waals surface area contributed by atoms with Crippen LogP contribution >= 0.6 is 0 Å². The van der Waals surface area contributed by atoms with Gasteiger partial charge >= 0.3 is 0 Å². The standard InChI is InChI=1S/C14H8.2Pt/c1-3-7-13-11(5-1)9-10-12-6-2-4-8-14(12)13;;/h1,4-10H;;/q-2;;. The number of rotatable bonds is 0. The smallest absolute Gasteiger partial charge is 0 e. The molecule has 0 nitrogen and oxygen atoms in total. The zero-order chi connectivity index (χ0) is 9.38. The van der Waals surface area contributed by atoms with Crippen molar-refractivity contribution in [1.82, 2.24) is 0 Å². The van der Waals surface area contributed by atoms with Gasteiger partial charge < -0.3 is 0 Å². The predicted octanol–water partition coefficient (Wildman–Crippen LogP) is 3.59. The first-order valence-electron chi connectivity index (χ1n) is 4.64. The molecule has 0 aliphatic carbocycles. The minimum atomic E-state index is 0. The zero-order valence-electron chi connectivity index (χ0n) is 8.25. The van der Waals surface area contributed by atoms with Crippen molar-refractivity contribution in [3.63, 3.8) is 0 Å². The van der Waals surface area contributed by atoms with E-state index < -0.39 is 0 Å². The number of hydrogen-bond donors (Lipinski definition) is 0. The maximum atomic E-state index is 3.12. The second-order valence-electron chi connectivity index (χ2n) is 3.36. The Morgan fingerprint density at radius 2 is 1.31 bits per heavy atom. The molecule has 0 N–H and O–H groups in total. The molecular formula is C14H8Pt2-2. The van der Waals surface area contributed by atoms with Crippen molar-refractivity contribution >= 4 is 21.5 Å². The van der Waals surface area contributed by atoms with Crippen molar-refractivity contribution in [2.45, 2.75) is 0 Å². The average Bonchev–Trinajstić information content (AvgIpc) is 2.29. The van der Waals surface area contributed by atoms with Gasteiger partial charge in [-0.15, -0.1) is 22.2 Å². The van der Waals surface area contributed by atoms with Gasteiger partial charge in [-0.25, -0.2) is 0 Å². The maximum Gasteiger partial charge on any atom is 0 e. The van der Waals surface area contributed by atoms with Crippen LogP contribution in [0.15, 0.2) is 48.5 Å². The SMILES string of the molecule is [Pt].[Pt].[c-]1ccc2c(c1)ccc1cc[c-]cc12. The molecule has 0 heterocycles. The fourth-order valence-electron chi connectivity index (χ4n) is 1.83. The van der Waals surface area contributed by atoms with Crippen LogP contribution in [0.2, 0.25) is 0 Å². The van der Waals surface area contributed by atoms with Crippen LogP contribution < -0.4 is 0 Å². The van der Waals surface area contributed by atoms with E-state index in [1.165, 1.54) is 21.5 Å². The summed E-state index contributed by atoms with van der Waals surface area (Å²) in [6.07, 6.45) is 0. The summed E-state index contributed by atoms with van der Waals surface area (Å²) in [4.78, 5) is 0. The first kappa shape index (κ1) is 13.6. The van der Waals surface area contributed by atoms with Gasteiger partial charge in [0.15, 0.2) is 0 Å². The Balaban J connectivity index is 0.000000640. The monoisotopic (exact) mass is 566 g/mol. The molecule has 0 fully saturated rings. The van der Waals surface area contributed by atoms with Crippen molar-refractivity contribution in [2.75, 3.05) is 0 Å². The van der Waals surface area contributed by atoms with Crippen molar-refractivity contribution in [3.8, 4) is 0 Å². The third-order valence-corrected chi connectivity index (χ3v) is 2.53. The predicted molar refractivity (Wildman–Crippen MR) is 59.1 cm³/mol. The summed E-state index contributed by atoms with van der Waals surface area (Å²) in [6, 6.07) is 22.6. The van der Waals surface area contributed by atoms with Gasteiger partial charge in [0.1, 0.15) is 0 Å². The number of benzene rings is 3. The minimum absolute atomic E-state index is 0. The summed E-state index contributed by atoms with van der Waals surface area (Å²) < 4.78 is 0. The molecule has 0 aromatic heterocycles. The molecular weight excluding hydrogens is 558 g/mol. The second-order valence-corrected chi connectivity index (χ2v) is 3.36. The van der Waals surface area contributed by atoms with Gasteiger partial charge in [0, 0.05) is 42.1 Å². The van der Waals surface area contributed by atoms with Crippen LogP contribution in [0.25, 0.3) is 21.5 Å². The Bertz CT molecular complexity index is 548. The van der Waals surface area contributed by atoms with Crippen LogP contribution in [-0.4, -0.2) is 0 Å². The summed E-state index contributed by atoms with van der Waals surface area (Å²) in [5.41, 5.74) is 0. The van der Waals surface area contributed by atoms with Gasteiger partial charge in [0.05, 0.1) is 0 Å². The van der Waals surface area contributed by atoms with E-state index in [1.807, 2.05) is 24.3 Å². The molecule has 3 rings (SSSR count). The van der Waals surface area contributed by atoms with Gasteiger partial charge in [-0.3, -0.25) is 0 Å². The first-order chi connectivity index (χ1) is 6.95. The largest absolute Gasteiger partial charge is 0.183 e. The van der Waals surface area contributed by atoms with E-state index in [1.54, 1.807) is 0 Å². The average molecular weight is 566 g/mol. The van der Waals surface area contributed by atoms with Gasteiger partial charge in [-0.2, -0.15) is 53.9 Å². The molecule has 0 unspecified atom stereocenters. The number of hydrogen-bond acceptors (Lipinski definition) is 0. The molecule has 0 atom stereocenters. The van der Waals surface area contributed by atoms with Crippen molar-refractivity contribution in [2.24, 2.45) is 0 Å². The summed E-state index contributed by atoms with van der Waals surface area (Å²) in [5, 5.41) is 5.04. The molecule has 0 spiro atoms. The Hall–Kier alpha value is -0.443.